The van der Waals surface area contributed by atoms with E-state index < -0.39 is 21.7 Å². The first-order valence-electron chi connectivity index (χ1n) is 8.39. The normalized spacial score (nSPS) is 11.2. The zero-order chi connectivity index (χ0) is 20.6. The Bertz CT molecular complexity index is 957. The molecule has 0 heterocycles. The second-order valence-corrected chi connectivity index (χ2v) is 9.04. The number of benzene rings is 2. The van der Waals surface area contributed by atoms with Crippen molar-refractivity contribution in [3.05, 3.63) is 65.5 Å². The lowest BCUT2D eigenvalue weighted by Crippen LogP contribution is -2.39. The molecular formula is C19H20FN3O3S2. The monoisotopic (exact) mass is 421 g/mol. The summed E-state index contributed by atoms with van der Waals surface area (Å²) in [6, 6.07) is 13.9. The van der Waals surface area contributed by atoms with Crippen molar-refractivity contribution in [2.24, 2.45) is 0 Å². The molecule has 0 fully saturated rings. The summed E-state index contributed by atoms with van der Waals surface area (Å²) in [4.78, 5) is 11.9. The van der Waals surface area contributed by atoms with Crippen molar-refractivity contribution in [2.45, 2.75) is 10.6 Å². The van der Waals surface area contributed by atoms with Gasteiger partial charge in [-0.05, 0) is 35.9 Å². The molecule has 2 aromatic carbocycles. The fourth-order valence-electron chi connectivity index (χ4n) is 2.33. The molecule has 0 aliphatic carbocycles. The first-order chi connectivity index (χ1) is 13.3. The summed E-state index contributed by atoms with van der Waals surface area (Å²) in [6.07, 6.45) is 0. The minimum absolute atomic E-state index is 0.0732. The molecule has 28 heavy (non-hydrogen) atoms. The smallest absolute Gasteiger partial charge is 0.243 e. The van der Waals surface area contributed by atoms with Crippen LogP contribution in [0.15, 0.2) is 53.4 Å². The fourth-order valence-corrected chi connectivity index (χ4v) is 4.32. The zero-order valence-corrected chi connectivity index (χ0v) is 16.9. The molecule has 148 valence electrons. The number of hydrogen-bond acceptors (Lipinski definition) is 5. The third-order valence-electron chi connectivity index (χ3n) is 3.85. The average Bonchev–Trinajstić information content (AvgIpc) is 2.68. The van der Waals surface area contributed by atoms with Crippen molar-refractivity contribution in [2.75, 3.05) is 25.9 Å². The van der Waals surface area contributed by atoms with Crippen molar-refractivity contribution in [1.29, 1.82) is 5.26 Å². The van der Waals surface area contributed by atoms with Gasteiger partial charge in [-0.25, -0.2) is 12.8 Å². The van der Waals surface area contributed by atoms with E-state index in [1.807, 2.05) is 18.2 Å². The standard InChI is InChI=1S/C19H20FN3O3S2/c1-23(28(25,26)18-8-6-17(20)7-9-18)13-19(24)22-10-11-27-14-16-5-3-2-4-15(16)12-21/h2-9H,10-11,13-14H2,1H3,(H,22,24). The van der Waals surface area contributed by atoms with Crippen molar-refractivity contribution in [1.82, 2.24) is 9.62 Å². The molecule has 0 atom stereocenters. The summed E-state index contributed by atoms with van der Waals surface area (Å²) < 4.78 is 38.6. The van der Waals surface area contributed by atoms with Crippen molar-refractivity contribution < 1.29 is 17.6 Å². The number of hydrogen-bond donors (Lipinski definition) is 1. The van der Waals surface area contributed by atoms with Crippen LogP contribution in [0.25, 0.3) is 0 Å². The molecular weight excluding hydrogens is 401 g/mol. The molecule has 2 aromatic rings. The second kappa shape index (κ2) is 10.2. The Morgan fingerprint density at radius 1 is 1.21 bits per heavy atom. The van der Waals surface area contributed by atoms with Crippen molar-refractivity contribution in [3.8, 4) is 6.07 Å². The van der Waals surface area contributed by atoms with E-state index in [9.17, 15) is 17.6 Å². The van der Waals surface area contributed by atoms with Crippen LogP contribution in [0, 0.1) is 17.1 Å². The van der Waals surface area contributed by atoms with Gasteiger partial charge in [-0.15, -0.1) is 0 Å². The highest BCUT2D eigenvalue weighted by atomic mass is 32.2. The first-order valence-corrected chi connectivity index (χ1v) is 11.0. The SMILES string of the molecule is CN(CC(=O)NCCSCc1ccccc1C#N)S(=O)(=O)c1ccc(F)cc1. The predicted octanol–water partition coefficient (Wildman–Crippen LogP) is 2.37. The minimum atomic E-state index is -3.86. The van der Waals surface area contributed by atoms with E-state index in [-0.39, 0.29) is 11.4 Å². The molecule has 6 nitrogen and oxygen atoms in total. The van der Waals surface area contributed by atoms with Gasteiger partial charge in [0.1, 0.15) is 5.82 Å². The lowest BCUT2D eigenvalue weighted by molar-refractivity contribution is -0.121. The summed E-state index contributed by atoms with van der Waals surface area (Å²) in [7, 11) is -2.56. The Morgan fingerprint density at radius 3 is 2.57 bits per heavy atom. The van der Waals surface area contributed by atoms with Crippen molar-refractivity contribution in [3.63, 3.8) is 0 Å². The van der Waals surface area contributed by atoms with Gasteiger partial charge in [0.05, 0.1) is 23.1 Å². The second-order valence-electron chi connectivity index (χ2n) is 5.89. The Morgan fingerprint density at radius 2 is 1.89 bits per heavy atom. The Labute approximate surface area is 168 Å². The highest BCUT2D eigenvalue weighted by Gasteiger charge is 2.22. The molecule has 1 N–H and O–H groups in total. The van der Waals surface area contributed by atoms with E-state index in [4.69, 9.17) is 5.26 Å². The van der Waals surface area contributed by atoms with Crippen LogP contribution >= 0.6 is 11.8 Å². The molecule has 0 aliphatic rings. The maximum atomic E-state index is 12.9. The van der Waals surface area contributed by atoms with E-state index in [1.165, 1.54) is 7.05 Å². The van der Waals surface area contributed by atoms with Gasteiger partial charge in [-0.1, -0.05) is 18.2 Å². The molecule has 0 saturated carbocycles. The van der Waals surface area contributed by atoms with Gasteiger partial charge in [-0.3, -0.25) is 4.79 Å². The number of nitriles is 1. The van der Waals surface area contributed by atoms with Crippen molar-refractivity contribution >= 4 is 27.7 Å². The van der Waals surface area contributed by atoms with Gasteiger partial charge >= 0.3 is 0 Å². The number of nitrogens with zero attached hydrogens (tertiary/aromatic N) is 2. The number of amides is 1. The zero-order valence-electron chi connectivity index (χ0n) is 15.3. The lowest BCUT2D eigenvalue weighted by Gasteiger charge is -2.17. The Kier molecular flexibility index (Phi) is 7.99. The van der Waals surface area contributed by atoms with E-state index in [2.05, 4.69) is 11.4 Å². The van der Waals surface area contributed by atoms with Crippen LogP contribution in [0.2, 0.25) is 0 Å². The van der Waals surface area contributed by atoms with Gasteiger partial charge < -0.3 is 5.32 Å². The minimum Gasteiger partial charge on any atom is -0.354 e. The molecule has 0 bridgehead atoms. The summed E-state index contributed by atoms with van der Waals surface area (Å²) >= 11 is 1.57. The number of sulfonamides is 1. The molecule has 1 amide bonds. The molecule has 2 rings (SSSR count). The van der Waals surface area contributed by atoms with Gasteiger partial charge in [-0.2, -0.15) is 21.3 Å². The highest BCUT2D eigenvalue weighted by molar-refractivity contribution is 7.98. The van der Waals surface area contributed by atoms with E-state index in [0.29, 0.717) is 23.6 Å². The van der Waals surface area contributed by atoms with Crippen LogP contribution in [0.5, 0.6) is 0 Å². The predicted molar refractivity (Wildman–Crippen MR) is 107 cm³/mol. The molecule has 0 aliphatic heterocycles. The molecule has 0 aromatic heterocycles. The topological polar surface area (TPSA) is 90.3 Å². The van der Waals surface area contributed by atoms with Gasteiger partial charge in [0.2, 0.25) is 15.9 Å². The van der Waals surface area contributed by atoms with Crippen LogP contribution in [0.1, 0.15) is 11.1 Å². The molecule has 9 heteroatoms. The third-order valence-corrected chi connectivity index (χ3v) is 6.68. The number of carbonyl (C=O) groups is 1. The maximum Gasteiger partial charge on any atom is 0.243 e. The largest absolute Gasteiger partial charge is 0.354 e. The number of nitrogens with one attached hydrogen (secondary N) is 1. The Balaban J connectivity index is 1.76. The average molecular weight is 422 g/mol. The molecule has 0 spiro atoms. The van der Waals surface area contributed by atoms with E-state index in [1.54, 1.807) is 17.8 Å². The quantitative estimate of drug-likeness (QED) is 0.628. The summed E-state index contributed by atoms with van der Waals surface area (Å²) in [5.74, 6) is 0.318. The van der Waals surface area contributed by atoms with Gasteiger partial charge in [0, 0.05) is 25.1 Å². The number of likely N-dealkylation sites (N-methyl/N-ethyl adjacent to an activating group) is 1. The lowest BCUT2D eigenvalue weighted by atomic mass is 10.1. The summed E-state index contributed by atoms with van der Waals surface area (Å²) in [5.41, 5.74) is 1.57. The summed E-state index contributed by atoms with van der Waals surface area (Å²) in [5, 5.41) is 11.7. The summed E-state index contributed by atoms with van der Waals surface area (Å²) in [6.45, 7) is 0.0459. The van der Waals surface area contributed by atoms with Crippen LogP contribution < -0.4 is 5.32 Å². The maximum absolute atomic E-state index is 12.9. The van der Waals surface area contributed by atoms with Crippen LogP contribution in [-0.2, 0) is 20.6 Å². The van der Waals surface area contributed by atoms with Crippen LogP contribution in [0.3, 0.4) is 0 Å². The molecule has 0 saturated heterocycles. The first kappa shape index (κ1) is 21.9. The molecule has 0 unspecified atom stereocenters. The van der Waals surface area contributed by atoms with Gasteiger partial charge in [0.15, 0.2) is 0 Å². The van der Waals surface area contributed by atoms with Gasteiger partial charge in [0.25, 0.3) is 0 Å². The number of halogens is 1. The van der Waals surface area contributed by atoms with E-state index in [0.717, 1.165) is 34.1 Å². The number of rotatable bonds is 9. The Hall–Kier alpha value is -2.41. The van der Waals surface area contributed by atoms with E-state index >= 15 is 0 Å². The highest BCUT2D eigenvalue weighted by Crippen LogP contribution is 2.16. The molecule has 0 radical (unpaired) electrons. The fraction of sp³-hybridized carbons (Fsp3) is 0.263. The third kappa shape index (κ3) is 6.05. The van der Waals surface area contributed by atoms with Crippen LogP contribution in [-0.4, -0.2) is 44.5 Å². The number of thioether (sulfide) groups is 1. The van der Waals surface area contributed by atoms with Crippen LogP contribution in [0.4, 0.5) is 4.39 Å². The number of carbonyl (C=O) groups excluding carboxylic acids is 1.